The first-order chi connectivity index (χ1) is 6.27. The Kier molecular flexibility index (Phi) is 2.02. The van der Waals surface area contributed by atoms with Gasteiger partial charge in [-0.3, -0.25) is 0 Å². The molecular formula is C8H6BrN3O. The van der Waals surface area contributed by atoms with Gasteiger partial charge in [0.25, 0.3) is 0 Å². The van der Waals surface area contributed by atoms with Crippen LogP contribution in [0.3, 0.4) is 0 Å². The molecule has 1 aromatic heterocycles. The molecule has 4 nitrogen and oxygen atoms in total. The number of aromatic nitrogens is 2. The fourth-order valence-corrected chi connectivity index (χ4v) is 1.43. The Bertz CT molecular complexity index is 427. The number of anilines is 1. The van der Waals surface area contributed by atoms with Gasteiger partial charge in [0.05, 0.1) is 0 Å². The average Bonchev–Trinajstić information content (AvgIpc) is 2.51. The Morgan fingerprint density at radius 3 is 2.77 bits per heavy atom. The number of nitrogens with two attached hydrogens (primary N) is 1. The summed E-state index contributed by atoms with van der Waals surface area (Å²) in [6.07, 6.45) is 0. The third-order valence-corrected chi connectivity index (χ3v) is 2.11. The van der Waals surface area contributed by atoms with Gasteiger partial charge in [-0.2, -0.15) is 0 Å². The average molecular weight is 240 g/mol. The predicted molar refractivity (Wildman–Crippen MR) is 51.8 cm³/mol. The van der Waals surface area contributed by atoms with Crippen molar-refractivity contribution in [2.75, 3.05) is 5.73 Å². The van der Waals surface area contributed by atoms with E-state index in [-0.39, 0.29) is 0 Å². The SMILES string of the molecule is Nc1nonc1-c1cccc(Br)c1. The van der Waals surface area contributed by atoms with Crippen LogP contribution in [0.25, 0.3) is 11.3 Å². The normalized spacial score (nSPS) is 10.2. The minimum atomic E-state index is 0.304. The molecule has 0 fully saturated rings. The second-order valence-corrected chi connectivity index (χ2v) is 3.42. The zero-order valence-electron chi connectivity index (χ0n) is 6.57. The summed E-state index contributed by atoms with van der Waals surface area (Å²) < 4.78 is 5.46. The molecule has 0 saturated carbocycles. The van der Waals surface area contributed by atoms with Gasteiger partial charge in [-0.05, 0) is 22.4 Å². The van der Waals surface area contributed by atoms with Crippen LogP contribution in [-0.2, 0) is 0 Å². The van der Waals surface area contributed by atoms with E-state index in [1.807, 2.05) is 24.3 Å². The highest BCUT2D eigenvalue weighted by Crippen LogP contribution is 2.24. The lowest BCUT2D eigenvalue weighted by Crippen LogP contribution is -1.88. The summed E-state index contributed by atoms with van der Waals surface area (Å²) in [5, 5.41) is 7.19. The molecule has 0 radical (unpaired) electrons. The molecule has 2 rings (SSSR count). The van der Waals surface area contributed by atoms with Gasteiger partial charge < -0.3 is 5.73 Å². The van der Waals surface area contributed by atoms with Crippen molar-refractivity contribution in [1.29, 1.82) is 0 Å². The van der Waals surface area contributed by atoms with Gasteiger partial charge in [0, 0.05) is 10.0 Å². The maximum atomic E-state index is 5.54. The van der Waals surface area contributed by atoms with Crippen LogP contribution >= 0.6 is 15.9 Å². The van der Waals surface area contributed by atoms with Crippen LogP contribution in [0.4, 0.5) is 5.82 Å². The first-order valence-electron chi connectivity index (χ1n) is 3.61. The second-order valence-electron chi connectivity index (χ2n) is 2.51. The lowest BCUT2D eigenvalue weighted by molar-refractivity contribution is 0.310. The van der Waals surface area contributed by atoms with Crippen molar-refractivity contribution in [3.63, 3.8) is 0 Å². The molecular weight excluding hydrogens is 234 g/mol. The van der Waals surface area contributed by atoms with Crippen molar-refractivity contribution in [1.82, 2.24) is 10.3 Å². The zero-order chi connectivity index (χ0) is 9.26. The van der Waals surface area contributed by atoms with Crippen molar-refractivity contribution in [2.45, 2.75) is 0 Å². The van der Waals surface area contributed by atoms with Crippen LogP contribution in [0.1, 0.15) is 0 Å². The molecule has 1 aromatic carbocycles. The van der Waals surface area contributed by atoms with Crippen LogP contribution in [0.5, 0.6) is 0 Å². The molecule has 0 amide bonds. The molecule has 5 heteroatoms. The highest BCUT2D eigenvalue weighted by atomic mass is 79.9. The van der Waals surface area contributed by atoms with Gasteiger partial charge >= 0.3 is 0 Å². The Hall–Kier alpha value is -1.36. The molecule has 0 saturated heterocycles. The van der Waals surface area contributed by atoms with Crippen LogP contribution in [-0.4, -0.2) is 10.3 Å². The Balaban J connectivity index is 2.53. The zero-order valence-corrected chi connectivity index (χ0v) is 8.15. The Labute approximate surface area is 82.8 Å². The first-order valence-corrected chi connectivity index (χ1v) is 4.40. The number of hydrogen-bond donors (Lipinski definition) is 1. The molecule has 0 aliphatic heterocycles. The van der Waals surface area contributed by atoms with Crippen LogP contribution in [0.2, 0.25) is 0 Å². The molecule has 13 heavy (non-hydrogen) atoms. The molecule has 2 N–H and O–H groups in total. The van der Waals surface area contributed by atoms with Crippen molar-refractivity contribution in [2.24, 2.45) is 0 Å². The summed E-state index contributed by atoms with van der Waals surface area (Å²) in [5.74, 6) is 0.304. The van der Waals surface area contributed by atoms with E-state index in [0.29, 0.717) is 11.5 Å². The first kappa shape index (κ1) is 8.25. The van der Waals surface area contributed by atoms with Crippen LogP contribution in [0, 0.1) is 0 Å². The fraction of sp³-hybridized carbons (Fsp3) is 0. The van der Waals surface area contributed by atoms with Gasteiger partial charge in [-0.25, -0.2) is 4.63 Å². The summed E-state index contributed by atoms with van der Waals surface area (Å²) in [7, 11) is 0. The van der Waals surface area contributed by atoms with Crippen LogP contribution in [0.15, 0.2) is 33.4 Å². The molecule has 0 aliphatic carbocycles. The largest absolute Gasteiger partial charge is 0.379 e. The summed E-state index contributed by atoms with van der Waals surface area (Å²) in [5.41, 5.74) is 6.99. The number of nitrogen functional groups attached to an aromatic ring is 1. The number of halogens is 1. The molecule has 0 unspecified atom stereocenters. The predicted octanol–water partition coefficient (Wildman–Crippen LogP) is 2.08. The smallest absolute Gasteiger partial charge is 0.196 e. The highest BCUT2D eigenvalue weighted by Gasteiger charge is 2.08. The maximum absolute atomic E-state index is 5.54. The van der Waals surface area contributed by atoms with Crippen molar-refractivity contribution >= 4 is 21.7 Å². The molecule has 0 aliphatic rings. The minimum Gasteiger partial charge on any atom is -0.379 e. The van der Waals surface area contributed by atoms with Crippen molar-refractivity contribution < 1.29 is 4.63 Å². The lowest BCUT2D eigenvalue weighted by atomic mass is 10.1. The Morgan fingerprint density at radius 1 is 1.31 bits per heavy atom. The second kappa shape index (κ2) is 3.18. The monoisotopic (exact) mass is 239 g/mol. The van der Waals surface area contributed by atoms with Gasteiger partial charge in [0.15, 0.2) is 11.5 Å². The third-order valence-electron chi connectivity index (χ3n) is 1.61. The summed E-state index contributed by atoms with van der Waals surface area (Å²) in [4.78, 5) is 0. The summed E-state index contributed by atoms with van der Waals surface area (Å²) >= 11 is 3.35. The molecule has 66 valence electrons. The van der Waals surface area contributed by atoms with Gasteiger partial charge in [-0.15, -0.1) is 0 Å². The van der Waals surface area contributed by atoms with E-state index in [1.165, 1.54) is 0 Å². The van der Waals surface area contributed by atoms with E-state index in [9.17, 15) is 0 Å². The molecule has 1 heterocycles. The maximum Gasteiger partial charge on any atom is 0.196 e. The van der Waals surface area contributed by atoms with Gasteiger partial charge in [0.2, 0.25) is 0 Å². The van der Waals surface area contributed by atoms with E-state index >= 15 is 0 Å². The van der Waals surface area contributed by atoms with E-state index in [0.717, 1.165) is 10.0 Å². The van der Waals surface area contributed by atoms with Crippen LogP contribution < -0.4 is 5.73 Å². The molecule has 0 bridgehead atoms. The van der Waals surface area contributed by atoms with Gasteiger partial charge in [0.1, 0.15) is 0 Å². The fourth-order valence-electron chi connectivity index (χ4n) is 1.03. The summed E-state index contributed by atoms with van der Waals surface area (Å²) in [6.45, 7) is 0. The topological polar surface area (TPSA) is 64.9 Å². The van der Waals surface area contributed by atoms with E-state index < -0.39 is 0 Å². The Morgan fingerprint density at radius 2 is 2.15 bits per heavy atom. The van der Waals surface area contributed by atoms with Gasteiger partial charge in [-0.1, -0.05) is 28.1 Å². The molecule has 0 spiro atoms. The lowest BCUT2D eigenvalue weighted by Gasteiger charge is -1.95. The quantitative estimate of drug-likeness (QED) is 0.828. The van der Waals surface area contributed by atoms with E-state index in [4.69, 9.17) is 5.73 Å². The van der Waals surface area contributed by atoms with Crippen molar-refractivity contribution in [3.8, 4) is 11.3 Å². The van der Waals surface area contributed by atoms with Crippen molar-refractivity contribution in [3.05, 3.63) is 28.7 Å². The number of hydrogen-bond acceptors (Lipinski definition) is 4. The molecule has 0 atom stereocenters. The standard InChI is InChI=1S/C8H6BrN3O/c9-6-3-1-2-5(4-6)7-8(10)12-13-11-7/h1-4H,(H2,10,12). The van der Waals surface area contributed by atoms with E-state index in [2.05, 4.69) is 30.9 Å². The number of nitrogens with zero attached hydrogens (tertiary/aromatic N) is 2. The number of benzene rings is 1. The highest BCUT2D eigenvalue weighted by molar-refractivity contribution is 9.10. The third kappa shape index (κ3) is 1.55. The molecule has 2 aromatic rings. The number of rotatable bonds is 1. The van der Waals surface area contributed by atoms with E-state index in [1.54, 1.807) is 0 Å². The minimum absolute atomic E-state index is 0.304. The summed E-state index contributed by atoms with van der Waals surface area (Å²) in [6, 6.07) is 7.61.